The summed E-state index contributed by atoms with van der Waals surface area (Å²) in [4.78, 5) is 14.8. The average Bonchev–Trinajstić information content (AvgIpc) is 3.17. The molecule has 114 valence electrons. The van der Waals surface area contributed by atoms with Gasteiger partial charge in [0.1, 0.15) is 6.04 Å². The topological polar surface area (TPSA) is 41.6 Å². The Balaban J connectivity index is 0.00000132. The summed E-state index contributed by atoms with van der Waals surface area (Å²) in [6.07, 6.45) is 2.36. The van der Waals surface area contributed by atoms with E-state index in [0.29, 0.717) is 6.61 Å². The van der Waals surface area contributed by atoms with E-state index in [2.05, 4.69) is 23.5 Å². The zero-order chi connectivity index (χ0) is 13.7. The maximum atomic E-state index is 12.9. The molecule has 0 aromatic heterocycles. The Labute approximate surface area is 131 Å². The summed E-state index contributed by atoms with van der Waals surface area (Å²) >= 11 is 0. The number of hydrogen-bond acceptors (Lipinski definition) is 3. The van der Waals surface area contributed by atoms with Gasteiger partial charge in [-0.15, -0.1) is 12.4 Å². The van der Waals surface area contributed by atoms with Gasteiger partial charge >= 0.3 is 0 Å². The Morgan fingerprint density at radius 2 is 2.14 bits per heavy atom. The van der Waals surface area contributed by atoms with E-state index in [4.69, 9.17) is 4.74 Å². The lowest BCUT2D eigenvalue weighted by molar-refractivity contribution is -0.126. The molecule has 2 atom stereocenters. The van der Waals surface area contributed by atoms with E-state index in [0.717, 1.165) is 18.8 Å². The number of hydrogen-bond donors (Lipinski definition) is 1. The van der Waals surface area contributed by atoms with Gasteiger partial charge in [0, 0.05) is 24.2 Å². The fraction of sp³-hybridized carbons (Fsp3) is 0.562. The minimum atomic E-state index is -0.217. The molecule has 1 saturated carbocycles. The fourth-order valence-corrected chi connectivity index (χ4v) is 3.58. The number of fused-ring (bicyclic) bond motifs is 2. The first-order valence-electron chi connectivity index (χ1n) is 7.47. The molecule has 3 aliphatic rings. The third kappa shape index (κ3) is 2.26. The normalized spacial score (nSPS) is 28.9. The summed E-state index contributed by atoms with van der Waals surface area (Å²) in [7, 11) is 0. The van der Waals surface area contributed by atoms with Crippen LogP contribution in [0, 0.1) is 0 Å². The number of rotatable bonds is 1. The number of carbonyl (C=O) groups excluding carboxylic acids is 1. The molecule has 2 fully saturated rings. The third-order valence-corrected chi connectivity index (χ3v) is 4.93. The van der Waals surface area contributed by atoms with Gasteiger partial charge in [0.05, 0.1) is 12.7 Å². The molecule has 1 aromatic rings. The smallest absolute Gasteiger partial charge is 0.246 e. The zero-order valence-corrected chi connectivity index (χ0v) is 13.0. The van der Waals surface area contributed by atoms with E-state index >= 15 is 0 Å². The molecule has 0 unspecified atom stereocenters. The van der Waals surface area contributed by atoms with Gasteiger partial charge in [-0.05, 0) is 31.4 Å². The van der Waals surface area contributed by atoms with Gasteiger partial charge in [0.15, 0.2) is 0 Å². The van der Waals surface area contributed by atoms with Crippen LogP contribution in [-0.4, -0.2) is 37.7 Å². The van der Waals surface area contributed by atoms with Gasteiger partial charge in [0.25, 0.3) is 0 Å². The maximum Gasteiger partial charge on any atom is 0.246 e. The van der Waals surface area contributed by atoms with Gasteiger partial charge in [-0.2, -0.15) is 0 Å². The molecule has 5 heteroatoms. The maximum absolute atomic E-state index is 12.9. The number of halogens is 1. The van der Waals surface area contributed by atoms with Crippen LogP contribution in [0.25, 0.3) is 0 Å². The van der Waals surface area contributed by atoms with Gasteiger partial charge in [0.2, 0.25) is 5.91 Å². The van der Waals surface area contributed by atoms with Crippen molar-refractivity contribution in [2.45, 2.75) is 37.3 Å². The number of morpholine rings is 1. The molecule has 4 nitrogen and oxygen atoms in total. The number of nitrogens with zero attached hydrogens (tertiary/aromatic N) is 1. The lowest BCUT2D eigenvalue weighted by atomic mass is 9.99. The molecule has 1 aromatic carbocycles. The molecule has 1 spiro atoms. The highest BCUT2D eigenvalue weighted by Gasteiger charge is 2.53. The first kappa shape index (κ1) is 14.8. The Bertz CT molecular complexity index is 559. The largest absolute Gasteiger partial charge is 0.375 e. The molecule has 1 saturated heterocycles. The molecule has 4 rings (SSSR count). The summed E-state index contributed by atoms with van der Waals surface area (Å²) in [6, 6.07) is 8.15. The van der Waals surface area contributed by atoms with Crippen molar-refractivity contribution in [1.82, 2.24) is 5.32 Å². The summed E-state index contributed by atoms with van der Waals surface area (Å²) in [5.41, 5.74) is 2.72. The number of benzene rings is 1. The zero-order valence-electron chi connectivity index (χ0n) is 12.2. The standard InChI is InChI=1S/C16H20N2O2.ClH/c1-11-14(17-8-9-20-11)15(19)18-10-16(6-7-16)12-4-2-3-5-13(12)18;/h2-5,11,14,17H,6-10H2,1H3;1H/t11-,14+;/m1./s1. The van der Waals surface area contributed by atoms with Crippen molar-refractivity contribution in [3.05, 3.63) is 29.8 Å². The van der Waals surface area contributed by atoms with Crippen molar-refractivity contribution < 1.29 is 9.53 Å². The minimum Gasteiger partial charge on any atom is -0.375 e. The number of anilines is 1. The summed E-state index contributed by atoms with van der Waals surface area (Å²) < 4.78 is 5.62. The van der Waals surface area contributed by atoms with Crippen molar-refractivity contribution in [3.8, 4) is 0 Å². The molecule has 0 bridgehead atoms. The SMILES string of the molecule is C[C@H]1OCCN[C@@H]1C(=O)N1CC2(CC2)c2ccccc21.Cl. The second-order valence-corrected chi connectivity index (χ2v) is 6.23. The average molecular weight is 309 g/mol. The lowest BCUT2D eigenvalue weighted by Crippen LogP contribution is -2.56. The van der Waals surface area contributed by atoms with E-state index in [1.165, 1.54) is 18.4 Å². The minimum absolute atomic E-state index is 0. The lowest BCUT2D eigenvalue weighted by Gasteiger charge is -2.32. The van der Waals surface area contributed by atoms with Gasteiger partial charge in [-0.25, -0.2) is 0 Å². The van der Waals surface area contributed by atoms with Crippen LogP contribution >= 0.6 is 12.4 Å². The van der Waals surface area contributed by atoms with Gasteiger partial charge < -0.3 is 15.0 Å². The van der Waals surface area contributed by atoms with Crippen LogP contribution in [0.4, 0.5) is 5.69 Å². The number of nitrogens with one attached hydrogen (secondary N) is 1. The van der Waals surface area contributed by atoms with Crippen LogP contribution in [0.3, 0.4) is 0 Å². The Morgan fingerprint density at radius 3 is 2.86 bits per heavy atom. The predicted octanol–water partition coefficient (Wildman–Crippen LogP) is 1.86. The van der Waals surface area contributed by atoms with Crippen molar-refractivity contribution in [3.63, 3.8) is 0 Å². The summed E-state index contributed by atoms with van der Waals surface area (Å²) in [6.45, 7) is 4.26. The molecule has 1 aliphatic carbocycles. The highest BCUT2D eigenvalue weighted by molar-refractivity contribution is 6.00. The fourth-order valence-electron chi connectivity index (χ4n) is 3.58. The third-order valence-electron chi connectivity index (χ3n) is 4.93. The van der Waals surface area contributed by atoms with Gasteiger partial charge in [-0.3, -0.25) is 4.79 Å². The van der Waals surface area contributed by atoms with Crippen molar-refractivity contribution in [2.75, 3.05) is 24.6 Å². The molecular formula is C16H21ClN2O2. The van der Waals surface area contributed by atoms with Crippen LogP contribution in [0.15, 0.2) is 24.3 Å². The van der Waals surface area contributed by atoms with Crippen LogP contribution in [0.2, 0.25) is 0 Å². The quantitative estimate of drug-likeness (QED) is 0.861. The number of para-hydroxylation sites is 1. The molecule has 1 amide bonds. The number of carbonyl (C=O) groups is 1. The Kier molecular flexibility index (Phi) is 3.72. The summed E-state index contributed by atoms with van der Waals surface area (Å²) in [5.74, 6) is 0.161. The molecule has 2 aliphatic heterocycles. The second-order valence-electron chi connectivity index (χ2n) is 6.23. The van der Waals surface area contributed by atoms with Crippen LogP contribution in [0.5, 0.6) is 0 Å². The Morgan fingerprint density at radius 1 is 1.38 bits per heavy atom. The van der Waals surface area contributed by atoms with E-state index in [1.807, 2.05) is 17.9 Å². The molecule has 1 N–H and O–H groups in total. The highest BCUT2D eigenvalue weighted by Crippen LogP contribution is 2.56. The molecule has 0 radical (unpaired) electrons. The number of ether oxygens (including phenoxy) is 1. The van der Waals surface area contributed by atoms with Crippen molar-refractivity contribution >= 4 is 24.0 Å². The van der Waals surface area contributed by atoms with Gasteiger partial charge in [-0.1, -0.05) is 18.2 Å². The van der Waals surface area contributed by atoms with Crippen LogP contribution in [-0.2, 0) is 14.9 Å². The Hall–Kier alpha value is -1.10. The van der Waals surface area contributed by atoms with E-state index in [-0.39, 0.29) is 35.9 Å². The number of amides is 1. The first-order valence-corrected chi connectivity index (χ1v) is 7.47. The molecule has 21 heavy (non-hydrogen) atoms. The van der Waals surface area contributed by atoms with Crippen molar-refractivity contribution in [1.29, 1.82) is 0 Å². The first-order chi connectivity index (χ1) is 9.71. The predicted molar refractivity (Wildman–Crippen MR) is 84.2 cm³/mol. The van der Waals surface area contributed by atoms with E-state index < -0.39 is 0 Å². The van der Waals surface area contributed by atoms with Crippen molar-refractivity contribution in [2.24, 2.45) is 0 Å². The van der Waals surface area contributed by atoms with E-state index in [9.17, 15) is 4.79 Å². The highest BCUT2D eigenvalue weighted by atomic mass is 35.5. The molecular weight excluding hydrogens is 288 g/mol. The monoisotopic (exact) mass is 308 g/mol. The van der Waals surface area contributed by atoms with Crippen LogP contribution in [0.1, 0.15) is 25.3 Å². The van der Waals surface area contributed by atoms with E-state index in [1.54, 1.807) is 0 Å². The molecule has 2 heterocycles. The van der Waals surface area contributed by atoms with Crippen LogP contribution < -0.4 is 10.2 Å². The summed E-state index contributed by atoms with van der Waals surface area (Å²) in [5, 5.41) is 3.31. The second kappa shape index (κ2) is 5.27.